The quantitative estimate of drug-likeness (QED) is 0.583. The summed E-state index contributed by atoms with van der Waals surface area (Å²) in [6.45, 7) is 0. The van der Waals surface area contributed by atoms with Crippen LogP contribution in [0.4, 0.5) is 33.3 Å². The Hall–Kier alpha value is -1.86. The lowest BCUT2D eigenvalue weighted by atomic mass is 10.2. The van der Waals surface area contributed by atoms with Crippen LogP contribution in [0.3, 0.4) is 0 Å². The number of alkyl halides is 3. The molecule has 0 saturated heterocycles. The van der Waals surface area contributed by atoms with Crippen molar-refractivity contribution in [2.45, 2.75) is 6.18 Å². The van der Waals surface area contributed by atoms with Gasteiger partial charge in [0.15, 0.2) is 11.6 Å². The Kier molecular flexibility index (Phi) is 3.02. The lowest BCUT2D eigenvalue weighted by molar-refractivity contribution is -0.167. The minimum atomic E-state index is -5.20. The smallest absolute Gasteiger partial charge is 0.397 e. The van der Waals surface area contributed by atoms with E-state index in [-0.39, 0.29) is 0 Å². The number of amides is 1. The predicted octanol–water partition coefficient (Wildman–Crippen LogP) is 2.05. The zero-order valence-corrected chi connectivity index (χ0v) is 7.53. The van der Waals surface area contributed by atoms with Gasteiger partial charge in [-0.2, -0.15) is 13.2 Å². The number of nitrogen functional groups attached to an aromatic ring is 1. The number of halogens is 5. The highest BCUT2D eigenvalue weighted by Gasteiger charge is 2.39. The molecule has 0 radical (unpaired) electrons. The molecule has 3 nitrogen and oxygen atoms in total. The molecule has 0 atom stereocenters. The van der Waals surface area contributed by atoms with Gasteiger partial charge in [-0.05, 0) is 12.1 Å². The van der Waals surface area contributed by atoms with Crippen LogP contribution in [-0.4, -0.2) is 12.1 Å². The monoisotopic (exact) mass is 240 g/mol. The summed E-state index contributed by atoms with van der Waals surface area (Å²) in [5, 5.41) is 1.16. The van der Waals surface area contributed by atoms with E-state index in [9.17, 15) is 26.7 Å². The molecule has 0 heterocycles. The summed E-state index contributed by atoms with van der Waals surface area (Å²) in [6.07, 6.45) is -5.20. The second kappa shape index (κ2) is 3.95. The maximum absolute atomic E-state index is 13.0. The Morgan fingerprint density at radius 2 is 1.81 bits per heavy atom. The standard InChI is InChI=1S/C8H5F5N2O/c9-3-1-2-4(14)6(5(3)10)15-7(16)8(11,12)13/h1-2H,14H2,(H,15,16). The third-order valence-corrected chi connectivity index (χ3v) is 1.62. The number of nitrogens with one attached hydrogen (secondary N) is 1. The van der Waals surface area contributed by atoms with Gasteiger partial charge in [0.05, 0.1) is 5.69 Å². The molecule has 1 aromatic rings. The highest BCUT2D eigenvalue weighted by Crippen LogP contribution is 2.26. The first-order valence-electron chi connectivity index (χ1n) is 3.85. The molecule has 0 saturated carbocycles. The van der Waals surface area contributed by atoms with Crippen LogP contribution >= 0.6 is 0 Å². The molecule has 88 valence electrons. The molecule has 8 heteroatoms. The molecule has 0 spiro atoms. The van der Waals surface area contributed by atoms with Crippen LogP contribution in [0.5, 0.6) is 0 Å². The van der Waals surface area contributed by atoms with Gasteiger partial charge in [-0.15, -0.1) is 0 Å². The number of carbonyl (C=O) groups is 1. The van der Waals surface area contributed by atoms with Gasteiger partial charge in [0.1, 0.15) is 5.69 Å². The van der Waals surface area contributed by atoms with Gasteiger partial charge in [0, 0.05) is 0 Å². The highest BCUT2D eigenvalue weighted by molar-refractivity contribution is 5.97. The Morgan fingerprint density at radius 1 is 1.25 bits per heavy atom. The SMILES string of the molecule is Nc1ccc(F)c(F)c1NC(=O)C(F)(F)F. The van der Waals surface area contributed by atoms with Crippen molar-refractivity contribution >= 4 is 17.3 Å². The molecule has 1 rings (SSSR count). The molecule has 0 fully saturated rings. The maximum atomic E-state index is 13.0. The lowest BCUT2D eigenvalue weighted by Gasteiger charge is -2.11. The fraction of sp³-hybridized carbons (Fsp3) is 0.125. The third-order valence-electron chi connectivity index (χ3n) is 1.62. The lowest BCUT2D eigenvalue weighted by Crippen LogP contribution is -2.30. The second-order valence-electron chi connectivity index (χ2n) is 2.78. The topological polar surface area (TPSA) is 55.1 Å². The Morgan fingerprint density at radius 3 is 2.31 bits per heavy atom. The van der Waals surface area contributed by atoms with Gasteiger partial charge < -0.3 is 11.1 Å². The van der Waals surface area contributed by atoms with Gasteiger partial charge in [-0.25, -0.2) is 8.78 Å². The van der Waals surface area contributed by atoms with Gasteiger partial charge in [0.2, 0.25) is 0 Å². The van der Waals surface area contributed by atoms with Crippen LogP contribution in [0, 0.1) is 11.6 Å². The van der Waals surface area contributed by atoms with Crippen LogP contribution in [0.15, 0.2) is 12.1 Å². The summed E-state index contributed by atoms with van der Waals surface area (Å²) in [6, 6.07) is 1.47. The van der Waals surface area contributed by atoms with E-state index in [2.05, 4.69) is 0 Å². The number of hydrogen-bond acceptors (Lipinski definition) is 2. The molecule has 0 bridgehead atoms. The Balaban J connectivity index is 3.07. The van der Waals surface area contributed by atoms with Crippen LogP contribution in [0.25, 0.3) is 0 Å². The van der Waals surface area contributed by atoms with E-state index in [4.69, 9.17) is 5.73 Å². The van der Waals surface area contributed by atoms with Crippen molar-refractivity contribution in [2.24, 2.45) is 0 Å². The predicted molar refractivity (Wildman–Crippen MR) is 45.5 cm³/mol. The molecule has 1 amide bonds. The van der Waals surface area contributed by atoms with E-state index in [0.717, 1.165) is 11.4 Å². The molecular formula is C8H5F5N2O. The molecule has 3 N–H and O–H groups in total. The average molecular weight is 240 g/mol. The fourth-order valence-corrected chi connectivity index (χ4v) is 0.877. The average Bonchev–Trinajstić information content (AvgIpc) is 2.17. The third kappa shape index (κ3) is 2.38. The van der Waals surface area contributed by atoms with Crippen molar-refractivity contribution in [2.75, 3.05) is 11.1 Å². The highest BCUT2D eigenvalue weighted by atomic mass is 19.4. The van der Waals surface area contributed by atoms with Gasteiger partial charge in [-0.3, -0.25) is 4.79 Å². The molecule has 0 unspecified atom stereocenters. The minimum absolute atomic E-state index is 0.503. The minimum Gasteiger partial charge on any atom is -0.397 e. The number of hydrogen-bond donors (Lipinski definition) is 2. The van der Waals surface area contributed by atoms with Crippen LogP contribution in [0.1, 0.15) is 0 Å². The van der Waals surface area contributed by atoms with E-state index < -0.39 is 35.1 Å². The number of anilines is 2. The van der Waals surface area contributed by atoms with Crippen molar-refractivity contribution in [3.63, 3.8) is 0 Å². The maximum Gasteiger partial charge on any atom is 0.471 e. The van der Waals surface area contributed by atoms with Gasteiger partial charge in [0.25, 0.3) is 0 Å². The number of benzene rings is 1. The van der Waals surface area contributed by atoms with Gasteiger partial charge in [-0.1, -0.05) is 0 Å². The van der Waals surface area contributed by atoms with E-state index in [1.54, 1.807) is 0 Å². The largest absolute Gasteiger partial charge is 0.471 e. The number of nitrogens with two attached hydrogens (primary N) is 1. The molecule has 0 aliphatic carbocycles. The first-order chi connectivity index (χ1) is 7.23. The van der Waals surface area contributed by atoms with Crippen molar-refractivity contribution in [1.82, 2.24) is 0 Å². The first kappa shape index (κ1) is 12.2. The molecule has 1 aromatic carbocycles. The molecular weight excluding hydrogens is 235 g/mol. The Labute approximate surface area is 86.0 Å². The van der Waals surface area contributed by atoms with Crippen molar-refractivity contribution in [3.8, 4) is 0 Å². The zero-order chi connectivity index (χ0) is 12.5. The fourth-order valence-electron chi connectivity index (χ4n) is 0.877. The normalized spacial score (nSPS) is 11.3. The van der Waals surface area contributed by atoms with Crippen molar-refractivity contribution in [1.29, 1.82) is 0 Å². The van der Waals surface area contributed by atoms with Crippen LogP contribution < -0.4 is 11.1 Å². The summed E-state index contributed by atoms with van der Waals surface area (Å²) < 4.78 is 61.1. The zero-order valence-electron chi connectivity index (χ0n) is 7.53. The second-order valence-corrected chi connectivity index (χ2v) is 2.78. The van der Waals surface area contributed by atoms with Gasteiger partial charge >= 0.3 is 12.1 Å². The van der Waals surface area contributed by atoms with Crippen molar-refractivity contribution < 1.29 is 26.7 Å². The molecule has 0 aliphatic rings. The summed E-state index contributed by atoms with van der Waals surface area (Å²) >= 11 is 0. The van der Waals surface area contributed by atoms with E-state index in [1.165, 1.54) is 0 Å². The molecule has 0 aliphatic heterocycles. The van der Waals surface area contributed by atoms with Crippen LogP contribution in [0.2, 0.25) is 0 Å². The number of rotatable bonds is 1. The van der Waals surface area contributed by atoms with E-state index in [1.807, 2.05) is 0 Å². The van der Waals surface area contributed by atoms with E-state index >= 15 is 0 Å². The summed E-state index contributed by atoms with van der Waals surface area (Å²) in [5.41, 5.74) is 3.56. The summed E-state index contributed by atoms with van der Waals surface area (Å²) in [4.78, 5) is 10.5. The Bertz CT molecular complexity index is 429. The van der Waals surface area contributed by atoms with E-state index in [0.29, 0.717) is 6.07 Å². The molecule has 0 aromatic heterocycles. The van der Waals surface area contributed by atoms with Crippen LogP contribution in [-0.2, 0) is 4.79 Å². The summed E-state index contributed by atoms with van der Waals surface area (Å²) in [7, 11) is 0. The first-order valence-corrected chi connectivity index (χ1v) is 3.85. The summed E-state index contributed by atoms with van der Waals surface area (Å²) in [5.74, 6) is -5.48. The van der Waals surface area contributed by atoms with Crippen molar-refractivity contribution in [3.05, 3.63) is 23.8 Å². The number of carbonyl (C=O) groups excluding carboxylic acids is 1. The molecule has 16 heavy (non-hydrogen) atoms.